The van der Waals surface area contributed by atoms with Crippen molar-refractivity contribution in [1.82, 2.24) is 4.98 Å². The number of rotatable bonds is 2. The van der Waals surface area contributed by atoms with Gasteiger partial charge in [-0.15, -0.1) is 0 Å². The van der Waals surface area contributed by atoms with Crippen molar-refractivity contribution in [3.05, 3.63) is 34.4 Å². The first kappa shape index (κ1) is 9.71. The van der Waals surface area contributed by atoms with Crippen molar-refractivity contribution in [2.24, 2.45) is 5.73 Å². The van der Waals surface area contributed by atoms with Gasteiger partial charge in [0.1, 0.15) is 0 Å². The van der Waals surface area contributed by atoms with Crippen LogP contribution in [-0.4, -0.2) is 16.6 Å². The predicted octanol–water partition coefficient (Wildman–Crippen LogP) is 1.92. The van der Waals surface area contributed by atoms with Gasteiger partial charge in [0.05, 0.1) is 6.10 Å². The van der Waals surface area contributed by atoms with Crippen LogP contribution < -0.4 is 5.73 Å². The first-order chi connectivity index (χ1) is 6.74. The zero-order valence-electron chi connectivity index (χ0n) is 7.50. The van der Waals surface area contributed by atoms with Crippen LogP contribution in [0.25, 0.3) is 10.9 Å². The zero-order valence-corrected chi connectivity index (χ0v) is 9.08. The minimum Gasteiger partial charge on any atom is -0.387 e. The number of benzene rings is 1. The van der Waals surface area contributed by atoms with Crippen molar-refractivity contribution < 1.29 is 5.11 Å². The molecule has 74 valence electrons. The van der Waals surface area contributed by atoms with E-state index in [4.69, 9.17) is 5.73 Å². The average molecular weight is 255 g/mol. The third-order valence-electron chi connectivity index (χ3n) is 2.27. The smallest absolute Gasteiger partial charge is 0.0919 e. The molecule has 1 unspecified atom stereocenters. The molecule has 0 spiro atoms. The molecular weight excluding hydrogens is 244 g/mol. The first-order valence-electron chi connectivity index (χ1n) is 4.37. The molecule has 3 nitrogen and oxygen atoms in total. The Balaban J connectivity index is 2.69. The summed E-state index contributed by atoms with van der Waals surface area (Å²) in [5, 5.41) is 10.7. The van der Waals surface area contributed by atoms with Gasteiger partial charge < -0.3 is 15.8 Å². The van der Waals surface area contributed by atoms with Gasteiger partial charge in [0.15, 0.2) is 0 Å². The number of hydrogen-bond acceptors (Lipinski definition) is 2. The zero-order chi connectivity index (χ0) is 10.1. The van der Waals surface area contributed by atoms with Crippen molar-refractivity contribution in [2.45, 2.75) is 6.10 Å². The van der Waals surface area contributed by atoms with E-state index in [1.807, 2.05) is 24.4 Å². The monoisotopic (exact) mass is 254 g/mol. The van der Waals surface area contributed by atoms with Gasteiger partial charge in [-0.05, 0) is 27.6 Å². The third kappa shape index (κ3) is 1.45. The Morgan fingerprint density at radius 1 is 1.50 bits per heavy atom. The number of fused-ring (bicyclic) bond motifs is 1. The molecule has 0 radical (unpaired) electrons. The van der Waals surface area contributed by atoms with E-state index in [1.165, 1.54) is 0 Å². The van der Waals surface area contributed by atoms with Crippen molar-refractivity contribution >= 4 is 26.8 Å². The quantitative estimate of drug-likeness (QED) is 0.767. The molecular formula is C10H11BrN2O. The number of aromatic nitrogens is 1. The predicted molar refractivity (Wildman–Crippen MR) is 60.0 cm³/mol. The molecule has 2 aromatic rings. The van der Waals surface area contributed by atoms with Crippen LogP contribution in [-0.2, 0) is 0 Å². The molecule has 1 heterocycles. The second-order valence-electron chi connectivity index (χ2n) is 3.16. The Morgan fingerprint density at radius 2 is 2.29 bits per heavy atom. The van der Waals surface area contributed by atoms with Gasteiger partial charge in [0.2, 0.25) is 0 Å². The molecule has 1 aromatic heterocycles. The molecule has 1 atom stereocenters. The fourth-order valence-electron chi connectivity index (χ4n) is 1.57. The largest absolute Gasteiger partial charge is 0.387 e. The number of aromatic amines is 1. The van der Waals surface area contributed by atoms with Crippen LogP contribution >= 0.6 is 15.9 Å². The van der Waals surface area contributed by atoms with Gasteiger partial charge in [-0.2, -0.15) is 0 Å². The molecule has 0 bridgehead atoms. The van der Waals surface area contributed by atoms with E-state index in [-0.39, 0.29) is 6.54 Å². The normalized spacial score (nSPS) is 13.4. The summed E-state index contributed by atoms with van der Waals surface area (Å²) in [6, 6.07) is 5.75. The fourth-order valence-corrected chi connectivity index (χ4v) is 2.13. The number of aliphatic hydroxyl groups is 1. The van der Waals surface area contributed by atoms with Gasteiger partial charge in [0.25, 0.3) is 0 Å². The number of hydrogen-bond donors (Lipinski definition) is 3. The Hall–Kier alpha value is -0.840. The highest BCUT2D eigenvalue weighted by atomic mass is 79.9. The lowest BCUT2D eigenvalue weighted by Crippen LogP contribution is -2.11. The highest BCUT2D eigenvalue weighted by Gasteiger charge is 2.12. The highest BCUT2D eigenvalue weighted by molar-refractivity contribution is 9.10. The number of halogens is 1. The van der Waals surface area contributed by atoms with Crippen molar-refractivity contribution in [1.29, 1.82) is 0 Å². The van der Waals surface area contributed by atoms with Crippen LogP contribution in [0.3, 0.4) is 0 Å². The summed E-state index contributed by atoms with van der Waals surface area (Å²) >= 11 is 3.43. The van der Waals surface area contributed by atoms with E-state index in [9.17, 15) is 5.11 Å². The van der Waals surface area contributed by atoms with E-state index in [0.29, 0.717) is 0 Å². The van der Waals surface area contributed by atoms with Gasteiger partial charge >= 0.3 is 0 Å². The van der Waals surface area contributed by atoms with Crippen LogP contribution in [0.4, 0.5) is 0 Å². The standard InChI is InChI=1S/C10H11BrN2O/c11-7-5-13-8-3-1-2-6(10(7)8)9(14)4-12/h1-3,5,9,13-14H,4,12H2. The number of nitrogens with two attached hydrogens (primary N) is 1. The summed E-state index contributed by atoms with van der Waals surface area (Å²) in [5.41, 5.74) is 7.30. The molecule has 0 aliphatic carbocycles. The van der Waals surface area contributed by atoms with Crippen LogP contribution in [0.1, 0.15) is 11.7 Å². The summed E-state index contributed by atoms with van der Waals surface area (Å²) in [6.45, 7) is 0.233. The highest BCUT2D eigenvalue weighted by Crippen LogP contribution is 2.30. The summed E-state index contributed by atoms with van der Waals surface area (Å²) in [5.74, 6) is 0. The van der Waals surface area contributed by atoms with Crippen molar-refractivity contribution in [3.63, 3.8) is 0 Å². The van der Waals surface area contributed by atoms with E-state index in [1.54, 1.807) is 0 Å². The van der Waals surface area contributed by atoms with E-state index in [2.05, 4.69) is 20.9 Å². The molecule has 4 heteroatoms. The third-order valence-corrected chi connectivity index (χ3v) is 2.90. The Morgan fingerprint density at radius 3 is 3.00 bits per heavy atom. The molecule has 0 fully saturated rings. The lowest BCUT2D eigenvalue weighted by atomic mass is 10.1. The molecule has 1 aromatic carbocycles. The number of nitrogens with one attached hydrogen (secondary N) is 1. The molecule has 0 aliphatic heterocycles. The second-order valence-corrected chi connectivity index (χ2v) is 4.01. The number of aliphatic hydroxyl groups excluding tert-OH is 1. The molecule has 2 rings (SSSR count). The second kappa shape index (κ2) is 3.73. The summed E-state index contributed by atoms with van der Waals surface area (Å²) in [7, 11) is 0. The maximum absolute atomic E-state index is 9.71. The van der Waals surface area contributed by atoms with Gasteiger partial charge in [-0.25, -0.2) is 0 Å². The van der Waals surface area contributed by atoms with Crippen LogP contribution in [0.15, 0.2) is 28.9 Å². The van der Waals surface area contributed by atoms with E-state index < -0.39 is 6.10 Å². The Kier molecular flexibility index (Phi) is 2.58. The van der Waals surface area contributed by atoms with E-state index in [0.717, 1.165) is 20.9 Å². The van der Waals surface area contributed by atoms with Crippen LogP contribution in [0, 0.1) is 0 Å². The topological polar surface area (TPSA) is 62.0 Å². The maximum atomic E-state index is 9.71. The van der Waals surface area contributed by atoms with Crippen molar-refractivity contribution in [3.8, 4) is 0 Å². The van der Waals surface area contributed by atoms with E-state index >= 15 is 0 Å². The Labute approximate surface area is 90.1 Å². The van der Waals surface area contributed by atoms with Gasteiger partial charge in [-0.1, -0.05) is 12.1 Å². The lowest BCUT2D eigenvalue weighted by molar-refractivity contribution is 0.188. The minimum atomic E-state index is -0.606. The fraction of sp³-hybridized carbons (Fsp3) is 0.200. The summed E-state index contributed by atoms with van der Waals surface area (Å²) < 4.78 is 0.954. The molecule has 0 aliphatic rings. The number of H-pyrrole nitrogens is 1. The van der Waals surface area contributed by atoms with Gasteiger partial charge in [0, 0.05) is 28.1 Å². The average Bonchev–Trinajstić information content (AvgIpc) is 2.59. The van der Waals surface area contributed by atoms with Crippen molar-refractivity contribution in [2.75, 3.05) is 6.54 Å². The molecule has 0 saturated carbocycles. The van der Waals surface area contributed by atoms with Crippen LogP contribution in [0.5, 0.6) is 0 Å². The molecule has 14 heavy (non-hydrogen) atoms. The van der Waals surface area contributed by atoms with Gasteiger partial charge in [-0.3, -0.25) is 0 Å². The molecule has 0 saturated heterocycles. The summed E-state index contributed by atoms with van der Waals surface area (Å²) in [6.07, 6.45) is 1.25. The molecule has 4 N–H and O–H groups in total. The maximum Gasteiger partial charge on any atom is 0.0919 e. The van der Waals surface area contributed by atoms with Crippen LogP contribution in [0.2, 0.25) is 0 Å². The first-order valence-corrected chi connectivity index (χ1v) is 5.17. The lowest BCUT2D eigenvalue weighted by Gasteiger charge is -2.09. The summed E-state index contributed by atoms with van der Waals surface area (Å²) in [4.78, 5) is 3.11. The SMILES string of the molecule is NCC(O)c1cccc2[nH]cc(Br)c12. The minimum absolute atomic E-state index is 0.233. The molecule has 0 amide bonds. The Bertz CT molecular complexity index is 452.